The summed E-state index contributed by atoms with van der Waals surface area (Å²) in [6.45, 7) is 0.140. The average Bonchev–Trinajstić information content (AvgIpc) is 2.54. The third kappa shape index (κ3) is 5.22. The van der Waals surface area contributed by atoms with Crippen LogP contribution in [-0.4, -0.2) is 17.4 Å². The number of hydrogen-bond acceptors (Lipinski definition) is 3. The smallest absolute Gasteiger partial charge is 0.408 e. The standard InChI is InChI=1S/C17H16ClNO3/c18-16(20)15(11-13-7-3-1-4-8-13)19-17(21)22-12-14-9-5-2-6-10-14/h1-10,15H,11-12H2,(H,19,21)/t15-/m0/s1. The van der Waals surface area contributed by atoms with E-state index < -0.39 is 17.4 Å². The van der Waals surface area contributed by atoms with Crippen LogP contribution in [0.25, 0.3) is 0 Å². The van der Waals surface area contributed by atoms with Crippen molar-refractivity contribution in [1.29, 1.82) is 0 Å². The summed E-state index contributed by atoms with van der Waals surface area (Å²) in [5.41, 5.74) is 1.78. The number of rotatable bonds is 6. The number of nitrogens with one attached hydrogen (secondary N) is 1. The summed E-state index contributed by atoms with van der Waals surface area (Å²) in [5.74, 6) is 0. The monoisotopic (exact) mass is 317 g/mol. The van der Waals surface area contributed by atoms with Crippen LogP contribution in [0.15, 0.2) is 60.7 Å². The molecule has 1 N–H and O–H groups in total. The Bertz CT molecular complexity index is 616. The van der Waals surface area contributed by atoms with Crippen LogP contribution in [0.4, 0.5) is 4.79 Å². The van der Waals surface area contributed by atoms with E-state index in [0.29, 0.717) is 6.42 Å². The molecule has 0 aromatic heterocycles. The van der Waals surface area contributed by atoms with Crippen LogP contribution in [0.1, 0.15) is 11.1 Å². The van der Waals surface area contributed by atoms with E-state index in [1.165, 1.54) is 0 Å². The number of amides is 1. The summed E-state index contributed by atoms with van der Waals surface area (Å²) in [6, 6.07) is 17.8. The van der Waals surface area contributed by atoms with Crippen molar-refractivity contribution < 1.29 is 14.3 Å². The van der Waals surface area contributed by atoms with Gasteiger partial charge < -0.3 is 10.1 Å². The van der Waals surface area contributed by atoms with E-state index in [0.717, 1.165) is 11.1 Å². The second kappa shape index (κ2) is 8.20. The Morgan fingerprint density at radius 3 is 2.05 bits per heavy atom. The highest BCUT2D eigenvalue weighted by Crippen LogP contribution is 2.07. The van der Waals surface area contributed by atoms with Gasteiger partial charge in [-0.1, -0.05) is 60.7 Å². The topological polar surface area (TPSA) is 55.4 Å². The second-order valence-electron chi connectivity index (χ2n) is 4.75. The van der Waals surface area contributed by atoms with Crippen LogP contribution in [0.5, 0.6) is 0 Å². The van der Waals surface area contributed by atoms with E-state index in [4.69, 9.17) is 16.3 Å². The first-order valence-corrected chi connectivity index (χ1v) is 7.23. The van der Waals surface area contributed by atoms with Crippen LogP contribution in [0.2, 0.25) is 0 Å². The Kier molecular flexibility index (Phi) is 5.98. The quantitative estimate of drug-likeness (QED) is 0.832. The van der Waals surface area contributed by atoms with Crippen molar-refractivity contribution >= 4 is 22.9 Å². The number of carbonyl (C=O) groups excluding carboxylic acids is 2. The molecule has 0 saturated heterocycles. The van der Waals surface area contributed by atoms with E-state index in [9.17, 15) is 9.59 Å². The summed E-state index contributed by atoms with van der Waals surface area (Å²) in [6.07, 6.45) is -0.345. The van der Waals surface area contributed by atoms with Gasteiger partial charge in [-0.25, -0.2) is 4.79 Å². The van der Waals surface area contributed by atoms with Crippen molar-refractivity contribution in [3.8, 4) is 0 Å². The summed E-state index contributed by atoms with van der Waals surface area (Å²) < 4.78 is 5.09. The molecule has 5 heteroatoms. The number of alkyl carbamates (subject to hydrolysis) is 1. The van der Waals surface area contributed by atoms with Crippen molar-refractivity contribution in [3.63, 3.8) is 0 Å². The minimum Gasteiger partial charge on any atom is -0.445 e. The third-order valence-corrected chi connectivity index (χ3v) is 3.32. The summed E-state index contributed by atoms with van der Waals surface area (Å²) >= 11 is 5.55. The predicted molar refractivity (Wildman–Crippen MR) is 84.6 cm³/mol. The van der Waals surface area contributed by atoms with Crippen molar-refractivity contribution in [2.45, 2.75) is 19.1 Å². The van der Waals surface area contributed by atoms with E-state index in [1.54, 1.807) is 0 Å². The number of benzene rings is 2. The summed E-state index contributed by atoms with van der Waals surface area (Å²) in [4.78, 5) is 23.2. The molecule has 0 aliphatic heterocycles. The molecule has 0 fully saturated rings. The fraction of sp³-hybridized carbons (Fsp3) is 0.176. The van der Waals surface area contributed by atoms with Crippen LogP contribution >= 0.6 is 11.6 Å². The molecular weight excluding hydrogens is 302 g/mol. The second-order valence-corrected chi connectivity index (χ2v) is 5.13. The Hall–Kier alpha value is -2.33. The minimum atomic E-state index is -0.813. The lowest BCUT2D eigenvalue weighted by Crippen LogP contribution is -2.40. The molecule has 1 atom stereocenters. The fourth-order valence-electron chi connectivity index (χ4n) is 1.94. The molecule has 0 radical (unpaired) electrons. The molecule has 0 spiro atoms. The SMILES string of the molecule is O=C(N[C@@H](Cc1ccccc1)C(=O)Cl)OCc1ccccc1. The molecular formula is C17H16ClNO3. The van der Waals surface area contributed by atoms with Gasteiger partial charge in [-0.2, -0.15) is 0 Å². The Morgan fingerprint density at radius 1 is 0.955 bits per heavy atom. The van der Waals surface area contributed by atoms with Gasteiger partial charge in [0.25, 0.3) is 0 Å². The number of ether oxygens (including phenoxy) is 1. The van der Waals surface area contributed by atoms with Crippen molar-refractivity contribution in [2.75, 3.05) is 0 Å². The largest absolute Gasteiger partial charge is 0.445 e. The van der Waals surface area contributed by atoms with E-state index >= 15 is 0 Å². The van der Waals surface area contributed by atoms with Gasteiger partial charge in [0.05, 0.1) is 0 Å². The zero-order chi connectivity index (χ0) is 15.8. The van der Waals surface area contributed by atoms with E-state index in [-0.39, 0.29) is 6.61 Å². The zero-order valence-corrected chi connectivity index (χ0v) is 12.6. The highest BCUT2D eigenvalue weighted by Gasteiger charge is 2.20. The molecule has 0 heterocycles. The molecule has 0 aliphatic rings. The maximum absolute atomic E-state index is 11.8. The lowest BCUT2D eigenvalue weighted by molar-refractivity contribution is -0.113. The maximum Gasteiger partial charge on any atom is 0.408 e. The average molecular weight is 318 g/mol. The molecule has 2 aromatic rings. The predicted octanol–water partition coefficient (Wildman–Crippen LogP) is 3.29. The van der Waals surface area contributed by atoms with Crippen LogP contribution in [0, 0.1) is 0 Å². The first-order valence-electron chi connectivity index (χ1n) is 6.85. The molecule has 4 nitrogen and oxygen atoms in total. The number of halogens is 1. The van der Waals surface area contributed by atoms with Crippen LogP contribution in [-0.2, 0) is 22.6 Å². The molecule has 114 valence electrons. The highest BCUT2D eigenvalue weighted by atomic mass is 35.5. The van der Waals surface area contributed by atoms with Gasteiger partial charge >= 0.3 is 6.09 Å². The van der Waals surface area contributed by atoms with Gasteiger partial charge in [-0.05, 0) is 22.7 Å². The summed E-state index contributed by atoms with van der Waals surface area (Å²) in [5, 5.41) is 1.87. The molecule has 1 amide bonds. The zero-order valence-electron chi connectivity index (χ0n) is 11.9. The maximum atomic E-state index is 11.8. The lowest BCUT2D eigenvalue weighted by atomic mass is 10.1. The number of carbonyl (C=O) groups is 2. The lowest BCUT2D eigenvalue weighted by Gasteiger charge is -2.15. The summed E-state index contributed by atoms with van der Waals surface area (Å²) in [7, 11) is 0. The van der Waals surface area contributed by atoms with Crippen LogP contribution in [0.3, 0.4) is 0 Å². The van der Waals surface area contributed by atoms with E-state index in [2.05, 4.69) is 5.32 Å². The Morgan fingerprint density at radius 2 is 1.50 bits per heavy atom. The van der Waals surface area contributed by atoms with Crippen molar-refractivity contribution in [2.24, 2.45) is 0 Å². The molecule has 0 aliphatic carbocycles. The molecule has 0 saturated carbocycles. The fourth-order valence-corrected chi connectivity index (χ4v) is 2.08. The van der Waals surface area contributed by atoms with Gasteiger partial charge in [0.1, 0.15) is 12.6 Å². The van der Waals surface area contributed by atoms with Crippen LogP contribution < -0.4 is 5.32 Å². The molecule has 0 bridgehead atoms. The molecule has 2 aromatic carbocycles. The normalized spacial score (nSPS) is 11.5. The minimum absolute atomic E-state index is 0.140. The Balaban J connectivity index is 1.88. The van der Waals surface area contributed by atoms with Gasteiger partial charge in [0, 0.05) is 6.42 Å². The van der Waals surface area contributed by atoms with Crippen molar-refractivity contribution in [3.05, 3.63) is 71.8 Å². The van der Waals surface area contributed by atoms with E-state index in [1.807, 2.05) is 60.7 Å². The molecule has 0 unspecified atom stereocenters. The first kappa shape index (κ1) is 16.0. The first-order chi connectivity index (χ1) is 10.6. The van der Waals surface area contributed by atoms with Crippen molar-refractivity contribution in [1.82, 2.24) is 5.32 Å². The van der Waals surface area contributed by atoms with Gasteiger partial charge in [0.2, 0.25) is 5.24 Å². The van der Waals surface area contributed by atoms with Gasteiger partial charge in [0.15, 0.2) is 0 Å². The molecule has 2 rings (SSSR count). The van der Waals surface area contributed by atoms with Gasteiger partial charge in [-0.3, -0.25) is 4.79 Å². The third-order valence-electron chi connectivity index (χ3n) is 3.06. The highest BCUT2D eigenvalue weighted by molar-refractivity contribution is 6.64. The van der Waals surface area contributed by atoms with Gasteiger partial charge in [-0.15, -0.1) is 0 Å². The molecule has 22 heavy (non-hydrogen) atoms. The Labute approximate surface area is 134 Å². The number of hydrogen-bond donors (Lipinski definition) is 1.